The number of hydrogen-bond donors (Lipinski definition) is 2. The summed E-state index contributed by atoms with van der Waals surface area (Å²) >= 11 is 1.19. The van der Waals surface area contributed by atoms with Gasteiger partial charge in [0.2, 0.25) is 0 Å². The van der Waals surface area contributed by atoms with E-state index in [9.17, 15) is 14.0 Å². The van der Waals surface area contributed by atoms with E-state index in [1.807, 2.05) is 19.1 Å². The number of aryl methyl sites for hydroxylation is 1. The molecule has 0 unspecified atom stereocenters. The second-order valence-corrected chi connectivity index (χ2v) is 8.59. The molecule has 0 atom stereocenters. The first-order valence-corrected chi connectivity index (χ1v) is 11.2. The highest BCUT2D eigenvalue weighted by Crippen LogP contribution is 2.27. The van der Waals surface area contributed by atoms with Crippen LogP contribution >= 0.6 is 11.3 Å². The second-order valence-electron chi connectivity index (χ2n) is 7.54. The Hall–Kier alpha value is -3.23. The van der Waals surface area contributed by atoms with Crippen LogP contribution in [0.2, 0.25) is 0 Å². The number of carbonyl (C=O) groups excluding carboxylic acids is 2. The van der Waals surface area contributed by atoms with Crippen LogP contribution in [-0.4, -0.2) is 38.1 Å². The molecule has 6 nitrogen and oxygen atoms in total. The number of ether oxygens (including phenoxy) is 1. The van der Waals surface area contributed by atoms with Gasteiger partial charge in [-0.1, -0.05) is 18.2 Å². The average molecular weight is 454 g/mol. The molecule has 0 bridgehead atoms. The molecule has 2 amide bonds. The van der Waals surface area contributed by atoms with Crippen molar-refractivity contribution in [1.29, 1.82) is 0 Å². The van der Waals surface area contributed by atoms with Crippen molar-refractivity contribution in [3.63, 3.8) is 0 Å². The van der Waals surface area contributed by atoms with Crippen molar-refractivity contribution in [1.82, 2.24) is 5.32 Å². The van der Waals surface area contributed by atoms with Gasteiger partial charge in [-0.15, -0.1) is 11.3 Å². The molecule has 1 saturated heterocycles. The van der Waals surface area contributed by atoms with Gasteiger partial charge in [0.25, 0.3) is 11.8 Å². The minimum absolute atomic E-state index is 0.198. The molecule has 0 spiro atoms. The Morgan fingerprint density at radius 1 is 1.06 bits per heavy atom. The molecule has 1 aliphatic rings. The van der Waals surface area contributed by atoms with Crippen molar-refractivity contribution in [2.45, 2.75) is 13.5 Å². The predicted molar refractivity (Wildman–Crippen MR) is 124 cm³/mol. The molecule has 2 N–H and O–H groups in total. The Bertz CT molecular complexity index is 1110. The third-order valence-corrected chi connectivity index (χ3v) is 6.36. The summed E-state index contributed by atoms with van der Waals surface area (Å²) in [6, 6.07) is 15.4. The lowest BCUT2D eigenvalue weighted by atomic mass is 10.2. The first-order chi connectivity index (χ1) is 15.5. The first kappa shape index (κ1) is 22.0. The largest absolute Gasteiger partial charge is 0.378 e. The quantitative estimate of drug-likeness (QED) is 0.587. The first-order valence-electron chi connectivity index (χ1n) is 10.4. The van der Waals surface area contributed by atoms with Gasteiger partial charge in [0.1, 0.15) is 5.82 Å². The van der Waals surface area contributed by atoms with Gasteiger partial charge in [-0.05, 0) is 54.4 Å². The predicted octanol–water partition coefficient (Wildman–Crippen LogP) is 4.21. The molecule has 2 aromatic carbocycles. The molecule has 166 valence electrons. The maximum atomic E-state index is 13.3. The molecule has 1 fully saturated rings. The van der Waals surface area contributed by atoms with Crippen LogP contribution in [0.3, 0.4) is 0 Å². The number of morpholine rings is 1. The topological polar surface area (TPSA) is 70.7 Å². The van der Waals surface area contributed by atoms with Gasteiger partial charge in [-0.3, -0.25) is 9.59 Å². The Morgan fingerprint density at radius 2 is 1.81 bits per heavy atom. The monoisotopic (exact) mass is 453 g/mol. The minimum Gasteiger partial charge on any atom is -0.378 e. The minimum atomic E-state index is -0.474. The van der Waals surface area contributed by atoms with Gasteiger partial charge >= 0.3 is 0 Å². The highest BCUT2D eigenvalue weighted by Gasteiger charge is 2.16. The number of amides is 2. The highest BCUT2D eigenvalue weighted by atomic mass is 32.1. The van der Waals surface area contributed by atoms with Gasteiger partial charge in [-0.2, -0.15) is 0 Å². The molecular weight excluding hydrogens is 429 g/mol. The van der Waals surface area contributed by atoms with Gasteiger partial charge in [0.15, 0.2) is 0 Å². The van der Waals surface area contributed by atoms with Crippen LogP contribution in [0.4, 0.5) is 15.1 Å². The fourth-order valence-corrected chi connectivity index (χ4v) is 4.48. The summed E-state index contributed by atoms with van der Waals surface area (Å²) in [4.78, 5) is 27.8. The molecule has 32 heavy (non-hydrogen) atoms. The Kier molecular flexibility index (Phi) is 6.82. The molecule has 8 heteroatoms. The zero-order valence-corrected chi connectivity index (χ0v) is 18.5. The number of hydrogen-bond acceptors (Lipinski definition) is 5. The van der Waals surface area contributed by atoms with Crippen molar-refractivity contribution >= 4 is 33.8 Å². The number of carbonyl (C=O) groups is 2. The maximum absolute atomic E-state index is 13.3. The van der Waals surface area contributed by atoms with Crippen LogP contribution in [0.5, 0.6) is 0 Å². The molecule has 0 saturated carbocycles. The highest BCUT2D eigenvalue weighted by molar-refractivity contribution is 7.18. The summed E-state index contributed by atoms with van der Waals surface area (Å²) in [6.45, 7) is 5.47. The standard InChI is InChI=1S/C24H24FN3O3S/c1-16-13-21(27-23(29)18-3-2-4-19(25)14-18)32-22(16)24(30)26-15-17-5-7-20(8-6-17)28-9-11-31-12-10-28/h2-8,13-14H,9-12,15H2,1H3,(H,26,30)(H,27,29). The summed E-state index contributed by atoms with van der Waals surface area (Å²) in [5.41, 5.74) is 3.15. The van der Waals surface area contributed by atoms with Crippen LogP contribution in [0.1, 0.15) is 31.2 Å². The third kappa shape index (κ3) is 5.33. The summed E-state index contributed by atoms with van der Waals surface area (Å²) in [5, 5.41) is 6.21. The lowest BCUT2D eigenvalue weighted by Gasteiger charge is -2.28. The number of rotatable bonds is 6. The molecule has 1 aliphatic heterocycles. The van der Waals surface area contributed by atoms with Crippen LogP contribution in [0, 0.1) is 12.7 Å². The zero-order valence-electron chi connectivity index (χ0n) is 17.7. The second kappa shape index (κ2) is 9.93. The summed E-state index contributed by atoms with van der Waals surface area (Å²) in [5.74, 6) is -1.09. The van der Waals surface area contributed by atoms with Crippen molar-refractivity contribution < 1.29 is 18.7 Å². The van der Waals surface area contributed by atoms with E-state index in [1.165, 1.54) is 35.6 Å². The summed E-state index contributed by atoms with van der Waals surface area (Å²) < 4.78 is 18.7. The fourth-order valence-electron chi connectivity index (χ4n) is 3.49. The molecular formula is C24H24FN3O3S. The van der Waals surface area contributed by atoms with Crippen molar-refractivity contribution in [2.75, 3.05) is 36.5 Å². The van der Waals surface area contributed by atoms with Crippen molar-refractivity contribution in [3.8, 4) is 0 Å². The molecule has 2 heterocycles. The number of nitrogens with one attached hydrogen (secondary N) is 2. The van der Waals surface area contributed by atoms with Crippen LogP contribution in [0.15, 0.2) is 54.6 Å². The molecule has 1 aromatic heterocycles. The van der Waals surface area contributed by atoms with E-state index in [4.69, 9.17) is 4.74 Å². The molecule has 0 aliphatic carbocycles. The number of anilines is 2. The molecule has 0 radical (unpaired) electrons. The Labute approximate surface area is 190 Å². The summed E-state index contributed by atoms with van der Waals surface area (Å²) in [6.07, 6.45) is 0. The Balaban J connectivity index is 1.34. The van der Waals surface area contributed by atoms with E-state index in [2.05, 4.69) is 27.7 Å². The SMILES string of the molecule is Cc1cc(NC(=O)c2cccc(F)c2)sc1C(=O)NCc1ccc(N2CCOCC2)cc1. The van der Waals surface area contributed by atoms with E-state index in [1.54, 1.807) is 6.07 Å². The molecule has 4 rings (SSSR count). The van der Waals surface area contributed by atoms with E-state index < -0.39 is 11.7 Å². The van der Waals surface area contributed by atoms with Crippen LogP contribution < -0.4 is 15.5 Å². The number of halogens is 1. The van der Waals surface area contributed by atoms with E-state index in [0.29, 0.717) is 16.4 Å². The fraction of sp³-hybridized carbons (Fsp3) is 0.250. The average Bonchev–Trinajstić information content (AvgIpc) is 3.18. The number of nitrogens with zero attached hydrogens (tertiary/aromatic N) is 1. The van der Waals surface area contributed by atoms with Gasteiger partial charge in [0.05, 0.1) is 23.1 Å². The van der Waals surface area contributed by atoms with E-state index >= 15 is 0 Å². The molecule has 3 aromatic rings. The van der Waals surface area contributed by atoms with E-state index in [-0.39, 0.29) is 11.5 Å². The lowest BCUT2D eigenvalue weighted by Crippen LogP contribution is -2.36. The normalized spacial score (nSPS) is 13.6. The number of benzene rings is 2. The summed E-state index contributed by atoms with van der Waals surface area (Å²) in [7, 11) is 0. The van der Waals surface area contributed by atoms with Crippen LogP contribution in [-0.2, 0) is 11.3 Å². The maximum Gasteiger partial charge on any atom is 0.261 e. The lowest BCUT2D eigenvalue weighted by molar-refractivity contribution is 0.0953. The van der Waals surface area contributed by atoms with Crippen molar-refractivity contribution in [2.24, 2.45) is 0 Å². The third-order valence-electron chi connectivity index (χ3n) is 5.21. The van der Waals surface area contributed by atoms with Gasteiger partial charge in [0, 0.05) is 30.9 Å². The van der Waals surface area contributed by atoms with Gasteiger partial charge < -0.3 is 20.3 Å². The van der Waals surface area contributed by atoms with Gasteiger partial charge in [-0.25, -0.2) is 4.39 Å². The number of thiophene rings is 1. The van der Waals surface area contributed by atoms with Crippen LogP contribution in [0.25, 0.3) is 0 Å². The smallest absolute Gasteiger partial charge is 0.261 e. The van der Waals surface area contributed by atoms with E-state index in [0.717, 1.165) is 43.1 Å². The van der Waals surface area contributed by atoms with Crippen molar-refractivity contribution in [3.05, 3.63) is 82.0 Å². The Morgan fingerprint density at radius 3 is 2.53 bits per heavy atom. The zero-order chi connectivity index (χ0) is 22.5.